The van der Waals surface area contributed by atoms with E-state index in [4.69, 9.17) is 21.8 Å². The number of aromatic nitrogens is 2. The molecule has 0 aliphatic carbocycles. The highest BCUT2D eigenvalue weighted by Gasteiger charge is 2.24. The topological polar surface area (TPSA) is 57.0 Å². The molecule has 4 nitrogen and oxygen atoms in total. The van der Waals surface area contributed by atoms with E-state index in [2.05, 4.69) is 5.10 Å². The average molecular weight is 304 g/mol. The number of hydrogen-bond acceptors (Lipinski definition) is 3. The maximum atomic E-state index is 6.45. The lowest BCUT2D eigenvalue weighted by Crippen LogP contribution is -2.14. The van der Waals surface area contributed by atoms with Crippen molar-refractivity contribution in [2.75, 3.05) is 0 Å². The van der Waals surface area contributed by atoms with Gasteiger partial charge in [0.25, 0.3) is 0 Å². The van der Waals surface area contributed by atoms with Crippen LogP contribution < -0.4 is 5.73 Å². The first-order valence-electron chi connectivity index (χ1n) is 6.84. The number of fused-ring (bicyclic) bond motifs is 1. The van der Waals surface area contributed by atoms with Crippen molar-refractivity contribution in [2.45, 2.75) is 26.8 Å². The van der Waals surface area contributed by atoms with Gasteiger partial charge in [-0.05, 0) is 39.0 Å². The van der Waals surface area contributed by atoms with Crippen LogP contribution in [0.5, 0.6) is 0 Å². The fraction of sp³-hybridized carbons (Fsp3) is 0.312. The van der Waals surface area contributed by atoms with Crippen molar-refractivity contribution in [3.8, 4) is 0 Å². The van der Waals surface area contributed by atoms with Crippen LogP contribution in [0.15, 0.2) is 22.6 Å². The Kier molecular flexibility index (Phi) is 3.30. The molecular weight excluding hydrogens is 286 g/mol. The van der Waals surface area contributed by atoms with Gasteiger partial charge in [-0.2, -0.15) is 5.10 Å². The molecule has 110 valence electrons. The molecule has 0 fully saturated rings. The second-order valence-electron chi connectivity index (χ2n) is 5.42. The molecule has 1 aromatic carbocycles. The van der Waals surface area contributed by atoms with Crippen LogP contribution in [0.3, 0.4) is 0 Å². The Labute approximate surface area is 128 Å². The third kappa shape index (κ3) is 2.15. The van der Waals surface area contributed by atoms with Gasteiger partial charge in [-0.1, -0.05) is 11.6 Å². The van der Waals surface area contributed by atoms with Gasteiger partial charge in [-0.3, -0.25) is 4.68 Å². The first-order valence-corrected chi connectivity index (χ1v) is 7.22. The number of rotatable bonds is 2. The number of nitrogens with two attached hydrogens (primary N) is 1. The first-order chi connectivity index (χ1) is 9.90. The number of aryl methyl sites for hydroxylation is 3. The molecule has 0 aliphatic rings. The van der Waals surface area contributed by atoms with Crippen molar-refractivity contribution in [1.29, 1.82) is 0 Å². The molecule has 5 heteroatoms. The van der Waals surface area contributed by atoms with Crippen molar-refractivity contribution in [2.24, 2.45) is 12.8 Å². The summed E-state index contributed by atoms with van der Waals surface area (Å²) in [6.45, 7) is 6.00. The predicted molar refractivity (Wildman–Crippen MR) is 84.7 cm³/mol. The van der Waals surface area contributed by atoms with Crippen LogP contribution in [0.1, 0.15) is 34.3 Å². The summed E-state index contributed by atoms with van der Waals surface area (Å²) in [6.07, 6.45) is 0. The van der Waals surface area contributed by atoms with Crippen LogP contribution in [-0.4, -0.2) is 9.78 Å². The van der Waals surface area contributed by atoms with Gasteiger partial charge in [-0.25, -0.2) is 0 Å². The Balaban J connectivity index is 2.18. The molecule has 3 aromatic rings. The first kappa shape index (κ1) is 14.2. The fourth-order valence-corrected chi connectivity index (χ4v) is 3.05. The average Bonchev–Trinajstić information content (AvgIpc) is 2.88. The molecule has 0 saturated heterocycles. The van der Waals surface area contributed by atoms with E-state index in [1.165, 1.54) is 0 Å². The van der Waals surface area contributed by atoms with Gasteiger partial charge in [-0.15, -0.1) is 0 Å². The third-order valence-corrected chi connectivity index (χ3v) is 4.33. The van der Waals surface area contributed by atoms with Crippen molar-refractivity contribution < 1.29 is 4.42 Å². The minimum atomic E-state index is -0.329. The molecule has 0 aliphatic heterocycles. The van der Waals surface area contributed by atoms with E-state index in [-0.39, 0.29) is 6.04 Å². The zero-order valence-corrected chi connectivity index (χ0v) is 13.3. The summed E-state index contributed by atoms with van der Waals surface area (Å²) in [5.74, 6) is 0.770. The summed E-state index contributed by atoms with van der Waals surface area (Å²) in [7, 11) is 1.92. The minimum Gasteiger partial charge on any atom is -0.459 e. The molecule has 0 saturated carbocycles. The number of hydrogen-bond donors (Lipinski definition) is 1. The van der Waals surface area contributed by atoms with Gasteiger partial charge in [0.15, 0.2) is 0 Å². The van der Waals surface area contributed by atoms with Crippen LogP contribution in [-0.2, 0) is 7.05 Å². The van der Waals surface area contributed by atoms with E-state index in [0.29, 0.717) is 5.02 Å². The van der Waals surface area contributed by atoms with Crippen LogP contribution >= 0.6 is 11.6 Å². The number of halogens is 1. The van der Waals surface area contributed by atoms with Crippen LogP contribution in [0.4, 0.5) is 0 Å². The minimum absolute atomic E-state index is 0.329. The van der Waals surface area contributed by atoms with Crippen molar-refractivity contribution in [1.82, 2.24) is 9.78 Å². The van der Waals surface area contributed by atoms with E-state index in [9.17, 15) is 0 Å². The molecule has 0 amide bonds. The molecule has 2 heterocycles. The van der Waals surface area contributed by atoms with E-state index in [0.717, 1.165) is 39.2 Å². The molecule has 1 atom stereocenters. The Morgan fingerprint density at radius 1 is 1.29 bits per heavy atom. The number of benzene rings is 1. The standard InChI is InChI=1S/C16H18ClN3O/c1-8-12-7-11(17)5-6-13(12)21-16(8)15(18)14-9(2)19-20(4)10(14)3/h5-7,15H,18H2,1-4H3. The molecule has 2 aromatic heterocycles. The van der Waals surface area contributed by atoms with Gasteiger partial charge < -0.3 is 10.2 Å². The lowest BCUT2D eigenvalue weighted by atomic mass is 10.00. The van der Waals surface area contributed by atoms with E-state index in [1.807, 2.05) is 50.7 Å². The maximum Gasteiger partial charge on any atom is 0.134 e. The molecular formula is C16H18ClN3O. The predicted octanol–water partition coefficient (Wildman–Crippen LogP) is 3.79. The van der Waals surface area contributed by atoms with Gasteiger partial charge in [0.2, 0.25) is 0 Å². The smallest absolute Gasteiger partial charge is 0.134 e. The van der Waals surface area contributed by atoms with Gasteiger partial charge in [0, 0.05) is 34.3 Å². The molecule has 3 rings (SSSR count). The summed E-state index contributed by atoms with van der Waals surface area (Å²) < 4.78 is 7.82. The van der Waals surface area contributed by atoms with Crippen LogP contribution in [0.25, 0.3) is 11.0 Å². The van der Waals surface area contributed by atoms with Crippen molar-refractivity contribution >= 4 is 22.6 Å². The quantitative estimate of drug-likeness (QED) is 0.783. The van der Waals surface area contributed by atoms with E-state index >= 15 is 0 Å². The van der Waals surface area contributed by atoms with Gasteiger partial charge >= 0.3 is 0 Å². The Hall–Kier alpha value is -1.78. The summed E-state index contributed by atoms with van der Waals surface area (Å²) in [5, 5.41) is 6.13. The molecule has 0 radical (unpaired) electrons. The van der Waals surface area contributed by atoms with Crippen LogP contribution in [0.2, 0.25) is 5.02 Å². The van der Waals surface area contributed by atoms with Gasteiger partial charge in [0.05, 0.1) is 11.7 Å². The monoisotopic (exact) mass is 303 g/mol. The fourth-order valence-electron chi connectivity index (χ4n) is 2.88. The summed E-state index contributed by atoms with van der Waals surface area (Å²) >= 11 is 6.06. The Bertz CT molecular complexity index is 832. The molecule has 1 unspecified atom stereocenters. The summed E-state index contributed by atoms with van der Waals surface area (Å²) in [5.41, 5.74) is 11.3. The summed E-state index contributed by atoms with van der Waals surface area (Å²) in [4.78, 5) is 0. The third-order valence-electron chi connectivity index (χ3n) is 4.09. The van der Waals surface area contributed by atoms with Crippen LogP contribution in [0, 0.1) is 20.8 Å². The van der Waals surface area contributed by atoms with Gasteiger partial charge in [0.1, 0.15) is 11.3 Å². The lowest BCUT2D eigenvalue weighted by molar-refractivity contribution is 0.519. The maximum absolute atomic E-state index is 6.45. The highest BCUT2D eigenvalue weighted by Crippen LogP contribution is 2.34. The molecule has 2 N–H and O–H groups in total. The summed E-state index contributed by atoms with van der Waals surface area (Å²) in [6, 6.07) is 5.28. The highest BCUT2D eigenvalue weighted by atomic mass is 35.5. The van der Waals surface area contributed by atoms with E-state index in [1.54, 1.807) is 0 Å². The number of furan rings is 1. The number of nitrogens with zero attached hydrogens (tertiary/aromatic N) is 2. The Morgan fingerprint density at radius 3 is 2.62 bits per heavy atom. The van der Waals surface area contributed by atoms with E-state index < -0.39 is 0 Å². The zero-order chi connectivity index (χ0) is 15.3. The second kappa shape index (κ2) is 4.90. The second-order valence-corrected chi connectivity index (χ2v) is 5.85. The zero-order valence-electron chi connectivity index (χ0n) is 12.6. The molecule has 0 spiro atoms. The highest BCUT2D eigenvalue weighted by molar-refractivity contribution is 6.31. The lowest BCUT2D eigenvalue weighted by Gasteiger charge is -2.11. The SMILES string of the molecule is Cc1nn(C)c(C)c1C(N)c1oc2ccc(Cl)cc2c1C. The molecule has 0 bridgehead atoms. The van der Waals surface area contributed by atoms with Crippen molar-refractivity contribution in [3.63, 3.8) is 0 Å². The van der Waals surface area contributed by atoms with Crippen molar-refractivity contribution in [3.05, 3.63) is 51.5 Å². The normalized spacial score (nSPS) is 13.0. The molecule has 21 heavy (non-hydrogen) atoms. The largest absolute Gasteiger partial charge is 0.459 e. The Morgan fingerprint density at radius 2 is 2.00 bits per heavy atom.